The van der Waals surface area contributed by atoms with Gasteiger partial charge in [-0.1, -0.05) is 0 Å². The molecule has 1 aromatic carbocycles. The maximum absolute atomic E-state index is 12.7. The number of carbonyl (C=O) groups excluding carboxylic acids is 1. The molecule has 0 fully saturated rings. The van der Waals surface area contributed by atoms with Gasteiger partial charge in [0.15, 0.2) is 0 Å². The first kappa shape index (κ1) is 14.7. The van der Waals surface area contributed by atoms with Crippen LogP contribution in [0, 0.1) is 5.82 Å². The lowest BCUT2D eigenvalue weighted by molar-refractivity contribution is -0.141. The van der Waals surface area contributed by atoms with E-state index in [2.05, 4.69) is 9.82 Å². The lowest BCUT2D eigenvalue weighted by Crippen LogP contribution is -2.23. The predicted octanol–water partition coefficient (Wildman–Crippen LogP) is 2.18. The van der Waals surface area contributed by atoms with Crippen LogP contribution in [0.5, 0.6) is 5.75 Å². The molecule has 0 aromatic heterocycles. The molecule has 1 atom stereocenters. The van der Waals surface area contributed by atoms with Gasteiger partial charge in [-0.05, 0) is 31.2 Å². The standard InChI is InChI=1S/C11H15FNO4P/c1-3-16-11(14)8-13-18(2,15)17-10-6-4-9(12)5-7-10/h4-7H,3,8H2,1-2H3,(H,13,15). The highest BCUT2D eigenvalue weighted by Gasteiger charge is 2.18. The zero-order valence-corrected chi connectivity index (χ0v) is 11.1. The first-order valence-electron chi connectivity index (χ1n) is 5.36. The minimum absolute atomic E-state index is 0.206. The Kier molecular flexibility index (Phi) is 5.31. The van der Waals surface area contributed by atoms with E-state index in [1.165, 1.54) is 30.9 Å². The molecular weight excluding hydrogens is 260 g/mol. The third-order valence-electron chi connectivity index (χ3n) is 1.91. The Hall–Kier alpha value is -1.39. The highest BCUT2D eigenvalue weighted by molar-refractivity contribution is 7.56. The van der Waals surface area contributed by atoms with Gasteiger partial charge in [0.1, 0.15) is 18.1 Å². The molecule has 0 radical (unpaired) electrons. The number of halogens is 1. The van der Waals surface area contributed by atoms with E-state index in [-0.39, 0.29) is 18.9 Å². The number of esters is 1. The molecule has 0 spiro atoms. The van der Waals surface area contributed by atoms with Crippen LogP contribution in [0.2, 0.25) is 0 Å². The Morgan fingerprint density at radius 3 is 2.56 bits per heavy atom. The molecule has 1 aromatic rings. The first-order valence-corrected chi connectivity index (χ1v) is 7.43. The number of ether oxygens (including phenoxy) is 1. The zero-order valence-electron chi connectivity index (χ0n) is 10.2. The summed E-state index contributed by atoms with van der Waals surface area (Å²) in [7, 11) is -3.18. The van der Waals surface area contributed by atoms with Crippen molar-refractivity contribution in [1.82, 2.24) is 5.09 Å². The van der Waals surface area contributed by atoms with Crippen molar-refractivity contribution >= 4 is 13.5 Å². The molecule has 0 amide bonds. The molecule has 1 rings (SSSR count). The van der Waals surface area contributed by atoms with Gasteiger partial charge in [0, 0.05) is 6.66 Å². The van der Waals surface area contributed by atoms with Crippen LogP contribution in [0.4, 0.5) is 4.39 Å². The summed E-state index contributed by atoms with van der Waals surface area (Å²) in [6.45, 7) is 3.06. The Morgan fingerprint density at radius 2 is 2.00 bits per heavy atom. The lowest BCUT2D eigenvalue weighted by atomic mass is 10.3. The smallest absolute Gasteiger partial charge is 0.320 e. The molecule has 18 heavy (non-hydrogen) atoms. The first-order chi connectivity index (χ1) is 8.43. The van der Waals surface area contributed by atoms with Crippen LogP contribution in [-0.4, -0.2) is 25.8 Å². The van der Waals surface area contributed by atoms with E-state index in [4.69, 9.17) is 4.52 Å². The van der Waals surface area contributed by atoms with Gasteiger partial charge >= 0.3 is 13.5 Å². The molecule has 1 N–H and O–H groups in total. The Bertz CT molecular complexity index is 449. The van der Waals surface area contributed by atoms with Crippen LogP contribution >= 0.6 is 7.52 Å². The topological polar surface area (TPSA) is 64.6 Å². The van der Waals surface area contributed by atoms with Crippen molar-refractivity contribution in [2.75, 3.05) is 19.8 Å². The van der Waals surface area contributed by atoms with Gasteiger partial charge in [-0.2, -0.15) is 0 Å². The van der Waals surface area contributed by atoms with E-state index >= 15 is 0 Å². The average molecular weight is 275 g/mol. The molecule has 5 nitrogen and oxygen atoms in total. The Labute approximate surface area is 105 Å². The zero-order chi connectivity index (χ0) is 13.6. The second-order valence-electron chi connectivity index (χ2n) is 3.53. The number of rotatable bonds is 6. The second-order valence-corrected chi connectivity index (χ2v) is 5.72. The fraction of sp³-hybridized carbons (Fsp3) is 0.364. The SMILES string of the molecule is CCOC(=O)CNP(C)(=O)Oc1ccc(F)cc1. The van der Waals surface area contributed by atoms with Crippen LogP contribution in [-0.2, 0) is 14.1 Å². The molecule has 0 aliphatic heterocycles. The van der Waals surface area contributed by atoms with Gasteiger partial charge in [0.05, 0.1) is 6.61 Å². The second kappa shape index (κ2) is 6.52. The van der Waals surface area contributed by atoms with Crippen molar-refractivity contribution in [2.24, 2.45) is 0 Å². The van der Waals surface area contributed by atoms with Crippen molar-refractivity contribution < 1.29 is 23.0 Å². The summed E-state index contributed by atoms with van der Waals surface area (Å²) in [6, 6.07) is 5.11. The van der Waals surface area contributed by atoms with E-state index in [0.717, 1.165) is 0 Å². The lowest BCUT2D eigenvalue weighted by Gasteiger charge is -2.15. The van der Waals surface area contributed by atoms with E-state index in [1.54, 1.807) is 6.92 Å². The third-order valence-corrected chi connectivity index (χ3v) is 3.20. The van der Waals surface area contributed by atoms with Gasteiger partial charge in [-0.3, -0.25) is 9.36 Å². The van der Waals surface area contributed by atoms with E-state index in [0.29, 0.717) is 0 Å². The van der Waals surface area contributed by atoms with Crippen LogP contribution in [0.25, 0.3) is 0 Å². The summed E-state index contributed by atoms with van der Waals surface area (Å²) in [5, 5.41) is 2.47. The van der Waals surface area contributed by atoms with Crippen molar-refractivity contribution in [3.63, 3.8) is 0 Å². The largest absolute Gasteiger partial charge is 0.465 e. The molecule has 0 heterocycles. The van der Waals surface area contributed by atoms with Crippen LogP contribution in [0.1, 0.15) is 6.92 Å². The fourth-order valence-electron chi connectivity index (χ4n) is 1.15. The summed E-state index contributed by atoms with van der Waals surface area (Å²) < 4.78 is 34.4. The summed E-state index contributed by atoms with van der Waals surface area (Å²) >= 11 is 0. The highest BCUT2D eigenvalue weighted by Crippen LogP contribution is 2.38. The monoisotopic (exact) mass is 275 g/mol. The number of hydrogen-bond donors (Lipinski definition) is 1. The Balaban J connectivity index is 2.51. The number of hydrogen-bond acceptors (Lipinski definition) is 4. The van der Waals surface area contributed by atoms with Crippen molar-refractivity contribution in [3.05, 3.63) is 30.1 Å². The van der Waals surface area contributed by atoms with Gasteiger partial charge in [-0.25, -0.2) is 9.48 Å². The van der Waals surface area contributed by atoms with Gasteiger partial charge < -0.3 is 9.26 Å². The summed E-state index contributed by atoms with van der Waals surface area (Å²) in [5.41, 5.74) is 0. The average Bonchev–Trinajstić information content (AvgIpc) is 2.30. The molecule has 0 aliphatic carbocycles. The van der Waals surface area contributed by atoms with E-state index in [1.807, 2.05) is 0 Å². The number of benzene rings is 1. The van der Waals surface area contributed by atoms with Crippen LogP contribution in [0.15, 0.2) is 24.3 Å². The van der Waals surface area contributed by atoms with Gasteiger partial charge in [0.25, 0.3) is 0 Å². The van der Waals surface area contributed by atoms with Gasteiger partial charge in [-0.15, -0.1) is 0 Å². The molecule has 0 bridgehead atoms. The molecule has 100 valence electrons. The quantitative estimate of drug-likeness (QED) is 0.636. The summed E-state index contributed by atoms with van der Waals surface area (Å²) in [5.74, 6) is -0.659. The summed E-state index contributed by atoms with van der Waals surface area (Å²) in [6.07, 6.45) is 0. The number of nitrogens with one attached hydrogen (secondary N) is 1. The van der Waals surface area contributed by atoms with E-state index < -0.39 is 19.3 Å². The van der Waals surface area contributed by atoms with E-state index in [9.17, 15) is 13.8 Å². The normalized spacial score (nSPS) is 13.7. The molecule has 7 heteroatoms. The Morgan fingerprint density at radius 1 is 1.39 bits per heavy atom. The van der Waals surface area contributed by atoms with Crippen molar-refractivity contribution in [2.45, 2.75) is 6.92 Å². The molecule has 0 saturated heterocycles. The predicted molar refractivity (Wildman–Crippen MR) is 65.2 cm³/mol. The van der Waals surface area contributed by atoms with Gasteiger partial charge in [0.2, 0.25) is 0 Å². The molecule has 1 unspecified atom stereocenters. The minimum Gasteiger partial charge on any atom is -0.465 e. The van der Waals surface area contributed by atoms with Crippen LogP contribution < -0.4 is 9.61 Å². The number of carbonyl (C=O) groups is 1. The molecule has 0 saturated carbocycles. The third kappa shape index (κ3) is 5.29. The summed E-state index contributed by atoms with van der Waals surface area (Å²) in [4.78, 5) is 11.1. The fourth-order valence-corrected chi connectivity index (χ4v) is 2.15. The maximum Gasteiger partial charge on any atom is 0.320 e. The van der Waals surface area contributed by atoms with Crippen LogP contribution in [0.3, 0.4) is 0 Å². The van der Waals surface area contributed by atoms with Crippen molar-refractivity contribution in [1.29, 1.82) is 0 Å². The van der Waals surface area contributed by atoms with Crippen molar-refractivity contribution in [3.8, 4) is 5.75 Å². The molecule has 0 aliphatic rings. The molecular formula is C11H15FNO4P. The minimum atomic E-state index is -3.18. The maximum atomic E-state index is 12.7. The highest BCUT2D eigenvalue weighted by atomic mass is 31.2.